The molecule has 0 aromatic carbocycles. The summed E-state index contributed by atoms with van der Waals surface area (Å²) in [5.74, 6) is 0.191. The van der Waals surface area contributed by atoms with Gasteiger partial charge in [0.1, 0.15) is 6.20 Å². The highest BCUT2D eigenvalue weighted by Gasteiger charge is 2.32. The molecule has 0 bridgehead atoms. The van der Waals surface area contributed by atoms with Crippen LogP contribution in [0.2, 0.25) is 5.02 Å². The van der Waals surface area contributed by atoms with E-state index in [1.54, 1.807) is 0 Å². The van der Waals surface area contributed by atoms with Gasteiger partial charge in [-0.1, -0.05) is 11.6 Å². The van der Waals surface area contributed by atoms with Gasteiger partial charge in [-0.2, -0.15) is 4.98 Å². The molecule has 13 heavy (non-hydrogen) atoms. The Hall–Kier alpha value is -1.71. The zero-order valence-corrected chi connectivity index (χ0v) is 6.91. The Morgan fingerprint density at radius 1 is 1.69 bits per heavy atom. The largest absolute Gasteiger partial charge is 0.344 e. The summed E-state index contributed by atoms with van der Waals surface area (Å²) >= 11 is 5.68. The molecule has 2 rings (SSSR count). The van der Waals surface area contributed by atoms with E-state index in [-0.39, 0.29) is 16.5 Å². The van der Waals surface area contributed by atoms with Crippen molar-refractivity contribution in [3.05, 3.63) is 33.3 Å². The Kier molecular flexibility index (Phi) is 1.62. The number of pyridine rings is 1. The maximum absolute atomic E-state index is 10.4. The second kappa shape index (κ2) is 2.65. The molecular weight excluding hydrogens is 196 g/mol. The van der Waals surface area contributed by atoms with Crippen LogP contribution < -0.4 is 4.74 Å². The van der Waals surface area contributed by atoms with Gasteiger partial charge in [0.2, 0.25) is 11.3 Å². The normalized spacial score (nSPS) is 11.8. The summed E-state index contributed by atoms with van der Waals surface area (Å²) in [6, 6.07) is 0. The summed E-state index contributed by atoms with van der Waals surface area (Å²) in [5, 5.41) is 10.4. The number of hydrogen-bond acceptors (Lipinski definition) is 4. The topological polar surface area (TPSA) is 65.3 Å². The van der Waals surface area contributed by atoms with Crippen LogP contribution in [0, 0.1) is 16.4 Å². The van der Waals surface area contributed by atoms with Gasteiger partial charge in [0.25, 0.3) is 5.69 Å². The molecule has 0 N–H and O–H groups in total. The number of ether oxygens (including phenoxy) is 1. The van der Waals surface area contributed by atoms with E-state index >= 15 is 0 Å². The Bertz CT molecular complexity index is 416. The summed E-state index contributed by atoms with van der Waals surface area (Å²) in [5.41, 5.74) is 0.188. The predicted octanol–water partition coefficient (Wildman–Crippen LogP) is 1.81. The van der Waals surface area contributed by atoms with Crippen molar-refractivity contribution in [2.75, 3.05) is 0 Å². The molecule has 1 aliphatic rings. The van der Waals surface area contributed by atoms with Gasteiger partial charge in [0.05, 0.1) is 4.92 Å². The quantitative estimate of drug-likeness (QED) is 0.391. The zero-order chi connectivity index (χ0) is 9.42. The molecular formula is C7H2ClN2O3+. The highest BCUT2D eigenvalue weighted by Crippen LogP contribution is 2.37. The standard InChI is InChI=1S/C7H2ClN2O3/c8-6-5(10(11)12)3-9-4-1-2-13-7(4)6/h1,3H/q+1. The number of hydrogen-bond donors (Lipinski definition) is 0. The fourth-order valence-corrected chi connectivity index (χ4v) is 1.20. The van der Waals surface area contributed by atoms with E-state index in [1.807, 2.05) is 0 Å². The van der Waals surface area contributed by atoms with E-state index in [1.165, 1.54) is 6.08 Å². The third kappa shape index (κ3) is 1.11. The molecule has 0 unspecified atom stereocenters. The second-order valence-electron chi connectivity index (χ2n) is 2.29. The average Bonchev–Trinajstić information content (AvgIpc) is 2.52. The van der Waals surface area contributed by atoms with Crippen LogP contribution in [0.1, 0.15) is 5.69 Å². The third-order valence-electron chi connectivity index (χ3n) is 1.54. The van der Waals surface area contributed by atoms with Crippen LogP contribution in [0.25, 0.3) is 6.08 Å². The van der Waals surface area contributed by atoms with Crippen molar-refractivity contribution in [3.63, 3.8) is 0 Å². The van der Waals surface area contributed by atoms with E-state index < -0.39 is 4.92 Å². The number of nitro groups is 1. The lowest BCUT2D eigenvalue weighted by Gasteiger charge is -1.91. The van der Waals surface area contributed by atoms with Crippen molar-refractivity contribution in [2.45, 2.75) is 0 Å². The summed E-state index contributed by atoms with van der Waals surface area (Å²) < 4.78 is 4.82. The van der Waals surface area contributed by atoms with Gasteiger partial charge in [0, 0.05) is 0 Å². The minimum Gasteiger partial charge on any atom is -0.270 e. The van der Waals surface area contributed by atoms with Crippen molar-refractivity contribution < 1.29 is 9.66 Å². The Labute approximate surface area is 77.8 Å². The molecule has 1 aromatic heterocycles. The molecule has 0 saturated carbocycles. The summed E-state index contributed by atoms with van der Waals surface area (Å²) in [4.78, 5) is 13.6. The first kappa shape index (κ1) is 7.91. The van der Waals surface area contributed by atoms with E-state index in [9.17, 15) is 10.1 Å². The molecule has 0 spiro atoms. The molecule has 1 aliphatic heterocycles. The predicted molar refractivity (Wildman–Crippen MR) is 44.2 cm³/mol. The van der Waals surface area contributed by atoms with Crippen LogP contribution in [-0.2, 0) is 0 Å². The van der Waals surface area contributed by atoms with E-state index in [4.69, 9.17) is 16.3 Å². The first-order chi connectivity index (χ1) is 6.20. The minimum absolute atomic E-state index is 0.0451. The highest BCUT2D eigenvalue weighted by atomic mass is 35.5. The monoisotopic (exact) mass is 197 g/mol. The number of rotatable bonds is 1. The first-order valence-corrected chi connectivity index (χ1v) is 3.66. The highest BCUT2D eigenvalue weighted by molar-refractivity contribution is 6.34. The van der Waals surface area contributed by atoms with Crippen LogP contribution in [0.3, 0.4) is 0 Å². The van der Waals surface area contributed by atoms with Crippen molar-refractivity contribution in [1.29, 1.82) is 0 Å². The lowest BCUT2D eigenvalue weighted by atomic mass is 10.3. The van der Waals surface area contributed by atoms with Crippen LogP contribution in [0.4, 0.5) is 5.69 Å². The van der Waals surface area contributed by atoms with Crippen LogP contribution in [0.15, 0.2) is 6.20 Å². The van der Waals surface area contributed by atoms with Gasteiger partial charge < -0.3 is 0 Å². The molecule has 64 valence electrons. The van der Waals surface area contributed by atoms with Gasteiger partial charge >= 0.3 is 11.4 Å². The Morgan fingerprint density at radius 3 is 3.15 bits per heavy atom. The van der Waals surface area contributed by atoms with Crippen molar-refractivity contribution in [3.8, 4) is 5.75 Å². The smallest absolute Gasteiger partial charge is 0.270 e. The van der Waals surface area contributed by atoms with Gasteiger partial charge in [-0.15, -0.1) is 0 Å². The fraction of sp³-hybridized carbons (Fsp3) is 0. The molecule has 0 radical (unpaired) electrons. The molecule has 0 saturated heterocycles. The molecule has 6 heteroatoms. The zero-order valence-electron chi connectivity index (χ0n) is 6.15. The Balaban J connectivity index is 2.62. The maximum atomic E-state index is 10.4. The first-order valence-electron chi connectivity index (χ1n) is 3.28. The van der Waals surface area contributed by atoms with E-state index in [2.05, 4.69) is 11.2 Å². The van der Waals surface area contributed by atoms with Crippen molar-refractivity contribution in [1.82, 2.24) is 4.98 Å². The average molecular weight is 198 g/mol. The Morgan fingerprint density at radius 2 is 2.46 bits per heavy atom. The number of nitrogens with zero attached hydrogens (tertiary/aromatic N) is 2. The maximum Gasteiger partial charge on any atom is 0.344 e. The van der Waals surface area contributed by atoms with Crippen LogP contribution in [0.5, 0.6) is 5.75 Å². The van der Waals surface area contributed by atoms with Crippen molar-refractivity contribution in [2.24, 2.45) is 0 Å². The SMILES string of the molecule is O=[N+]([O-])c1cnc2c(c1Cl)O[C+]=C2. The van der Waals surface area contributed by atoms with Crippen LogP contribution >= 0.6 is 11.6 Å². The van der Waals surface area contributed by atoms with Gasteiger partial charge in [-0.05, 0) is 0 Å². The van der Waals surface area contributed by atoms with Gasteiger partial charge in [-0.25, -0.2) is 0 Å². The fourth-order valence-electron chi connectivity index (χ4n) is 0.946. The summed E-state index contributed by atoms with van der Waals surface area (Å²) in [6.07, 6.45) is 4.95. The molecule has 0 aliphatic carbocycles. The molecule has 0 fully saturated rings. The number of halogens is 1. The third-order valence-corrected chi connectivity index (χ3v) is 1.90. The van der Waals surface area contributed by atoms with Gasteiger partial charge in [-0.3, -0.25) is 14.9 Å². The lowest BCUT2D eigenvalue weighted by molar-refractivity contribution is -0.385. The molecule has 5 nitrogen and oxygen atoms in total. The summed E-state index contributed by atoms with van der Waals surface area (Å²) in [7, 11) is 0. The van der Waals surface area contributed by atoms with E-state index in [0.717, 1.165) is 6.20 Å². The van der Waals surface area contributed by atoms with Gasteiger partial charge in [0.15, 0.2) is 6.08 Å². The number of aromatic nitrogens is 1. The second-order valence-corrected chi connectivity index (χ2v) is 2.67. The summed E-state index contributed by atoms with van der Waals surface area (Å²) in [6.45, 7) is 0. The van der Waals surface area contributed by atoms with Crippen molar-refractivity contribution >= 4 is 23.4 Å². The number of fused-ring (bicyclic) bond motifs is 1. The van der Waals surface area contributed by atoms with Crippen LogP contribution in [-0.4, -0.2) is 9.91 Å². The molecule has 2 heterocycles. The minimum atomic E-state index is -0.614. The lowest BCUT2D eigenvalue weighted by Crippen LogP contribution is -1.93. The molecule has 0 atom stereocenters. The van der Waals surface area contributed by atoms with E-state index in [0.29, 0.717) is 5.69 Å². The molecule has 0 amide bonds. The molecule has 1 aromatic rings.